The Kier molecular flexibility index (Phi) is 4.43. The summed E-state index contributed by atoms with van der Waals surface area (Å²) >= 11 is 0. The first-order valence-electron chi connectivity index (χ1n) is 8.83. The van der Waals surface area contributed by atoms with Gasteiger partial charge in [-0.05, 0) is 36.2 Å². The quantitative estimate of drug-likeness (QED) is 0.697. The highest BCUT2D eigenvalue weighted by atomic mass is 16.3. The molecule has 1 fully saturated rings. The molecule has 0 saturated carbocycles. The van der Waals surface area contributed by atoms with Crippen LogP contribution >= 0.6 is 0 Å². The second-order valence-electron chi connectivity index (χ2n) is 6.54. The van der Waals surface area contributed by atoms with Gasteiger partial charge >= 0.3 is 0 Å². The first-order chi connectivity index (χ1) is 13.2. The summed E-state index contributed by atoms with van der Waals surface area (Å²) in [6.45, 7) is 0.728. The number of Topliss-reactive ketones (excluding diaryl/α,β-unsaturated/α-hetero) is 1. The fourth-order valence-corrected chi connectivity index (χ4v) is 3.30. The third-order valence-corrected chi connectivity index (χ3v) is 4.71. The summed E-state index contributed by atoms with van der Waals surface area (Å²) in [5.74, 6) is -1.06. The lowest BCUT2D eigenvalue weighted by Crippen LogP contribution is -2.23. The molecule has 2 heterocycles. The minimum Gasteiger partial charge on any atom is -0.439 e. The number of hydrogen-bond acceptors (Lipinski definition) is 5. The Bertz CT molecular complexity index is 1010. The molecule has 6 nitrogen and oxygen atoms in total. The monoisotopic (exact) mass is 359 g/mol. The number of oxazole rings is 1. The lowest BCUT2D eigenvalue weighted by atomic mass is 9.98. The second kappa shape index (κ2) is 7.04. The smallest absolute Gasteiger partial charge is 0.227 e. The minimum absolute atomic E-state index is 0.102. The molecule has 134 valence electrons. The Morgan fingerprint density at radius 2 is 2.00 bits per heavy atom. The molecular weight excluding hydrogens is 342 g/mol. The third kappa shape index (κ3) is 3.32. The van der Waals surface area contributed by atoms with E-state index in [1.54, 1.807) is 17.0 Å². The topological polar surface area (TPSA) is 87.2 Å². The molecule has 0 spiro atoms. The molecule has 0 bridgehead atoms. The molecule has 1 aliphatic heterocycles. The normalized spacial score (nSPS) is 15.1. The molecule has 1 aromatic heterocycles. The highest BCUT2D eigenvalue weighted by Crippen LogP contribution is 2.25. The molecule has 1 saturated heterocycles. The van der Waals surface area contributed by atoms with Crippen molar-refractivity contribution in [2.45, 2.75) is 25.2 Å². The average Bonchev–Trinajstić information content (AvgIpc) is 3.29. The van der Waals surface area contributed by atoms with E-state index in [9.17, 15) is 14.9 Å². The van der Waals surface area contributed by atoms with Crippen LogP contribution in [0, 0.1) is 11.3 Å². The SMILES string of the molecule is N#CC(C(=O)Cc1ccc(N2CCCC2=O)cc1)c1nc2ccccc2o1. The first-order valence-corrected chi connectivity index (χ1v) is 8.83. The van der Waals surface area contributed by atoms with Gasteiger partial charge in [-0.15, -0.1) is 0 Å². The van der Waals surface area contributed by atoms with Crippen molar-refractivity contribution in [2.75, 3.05) is 11.4 Å². The van der Waals surface area contributed by atoms with Crippen molar-refractivity contribution in [1.82, 2.24) is 4.98 Å². The standard InChI is InChI=1S/C21H17N3O3/c22-13-16(21-23-17-4-1-2-5-19(17)27-21)18(25)12-14-7-9-15(10-8-14)24-11-3-6-20(24)26/h1-2,4-5,7-10,16H,3,6,11-12H2. The van der Waals surface area contributed by atoms with E-state index < -0.39 is 5.92 Å². The van der Waals surface area contributed by atoms with E-state index in [0.717, 1.165) is 24.2 Å². The summed E-state index contributed by atoms with van der Waals surface area (Å²) in [6, 6.07) is 16.5. The van der Waals surface area contributed by atoms with Crippen molar-refractivity contribution < 1.29 is 14.0 Å². The second-order valence-corrected chi connectivity index (χ2v) is 6.54. The lowest BCUT2D eigenvalue weighted by molar-refractivity contribution is -0.119. The summed E-state index contributed by atoms with van der Waals surface area (Å²) in [4.78, 5) is 30.5. The number of ketones is 1. The van der Waals surface area contributed by atoms with Crippen molar-refractivity contribution >= 4 is 28.5 Å². The van der Waals surface area contributed by atoms with Gasteiger partial charge in [0.25, 0.3) is 0 Å². The Hall–Kier alpha value is -3.46. The maximum Gasteiger partial charge on any atom is 0.227 e. The highest BCUT2D eigenvalue weighted by Gasteiger charge is 2.26. The Morgan fingerprint density at radius 3 is 2.67 bits per heavy atom. The number of fused-ring (bicyclic) bond motifs is 1. The van der Waals surface area contributed by atoms with Crippen LogP contribution in [0.5, 0.6) is 0 Å². The molecule has 6 heteroatoms. The predicted octanol–water partition coefficient (Wildman–Crippen LogP) is 3.37. The van der Waals surface area contributed by atoms with E-state index in [2.05, 4.69) is 4.98 Å². The Morgan fingerprint density at radius 1 is 1.22 bits per heavy atom. The largest absolute Gasteiger partial charge is 0.439 e. The molecule has 27 heavy (non-hydrogen) atoms. The maximum absolute atomic E-state index is 12.6. The number of aromatic nitrogens is 1. The molecule has 0 N–H and O–H groups in total. The molecule has 1 aliphatic rings. The zero-order chi connectivity index (χ0) is 18.8. The highest BCUT2D eigenvalue weighted by molar-refractivity contribution is 5.95. The van der Waals surface area contributed by atoms with Crippen molar-refractivity contribution in [3.8, 4) is 6.07 Å². The van der Waals surface area contributed by atoms with Gasteiger partial charge in [0, 0.05) is 25.1 Å². The molecule has 1 amide bonds. The van der Waals surface area contributed by atoms with Crippen LogP contribution in [0.15, 0.2) is 52.9 Å². The predicted molar refractivity (Wildman–Crippen MR) is 99.1 cm³/mol. The fourth-order valence-electron chi connectivity index (χ4n) is 3.30. The van der Waals surface area contributed by atoms with Gasteiger partial charge in [-0.2, -0.15) is 5.26 Å². The summed E-state index contributed by atoms with van der Waals surface area (Å²) in [5, 5.41) is 9.45. The molecule has 0 aliphatic carbocycles. The zero-order valence-corrected chi connectivity index (χ0v) is 14.6. The van der Waals surface area contributed by atoms with Crippen molar-refractivity contribution in [3.05, 3.63) is 60.0 Å². The van der Waals surface area contributed by atoms with E-state index in [1.165, 1.54) is 0 Å². The van der Waals surface area contributed by atoms with E-state index in [1.807, 2.05) is 42.5 Å². The van der Waals surface area contributed by atoms with Crippen LogP contribution in [0.4, 0.5) is 5.69 Å². The summed E-state index contributed by atoms with van der Waals surface area (Å²) < 4.78 is 5.58. The van der Waals surface area contributed by atoms with E-state index in [0.29, 0.717) is 17.5 Å². The number of hydrogen-bond donors (Lipinski definition) is 0. The molecule has 0 radical (unpaired) electrons. The molecule has 3 aromatic rings. The number of para-hydroxylation sites is 2. The molecule has 4 rings (SSSR count). The number of rotatable bonds is 5. The molecular formula is C21H17N3O3. The minimum atomic E-state index is -1.04. The Labute approximate surface area is 156 Å². The van der Waals surface area contributed by atoms with Gasteiger partial charge in [0.1, 0.15) is 5.52 Å². The van der Waals surface area contributed by atoms with E-state index in [4.69, 9.17) is 4.42 Å². The van der Waals surface area contributed by atoms with E-state index >= 15 is 0 Å². The number of carbonyl (C=O) groups is 2. The number of anilines is 1. The van der Waals surface area contributed by atoms with Crippen molar-refractivity contribution in [1.29, 1.82) is 5.26 Å². The number of amides is 1. The summed E-state index contributed by atoms with van der Waals surface area (Å²) in [7, 11) is 0. The van der Waals surface area contributed by atoms with E-state index in [-0.39, 0.29) is 24.0 Å². The van der Waals surface area contributed by atoms with Crippen LogP contribution in [0.25, 0.3) is 11.1 Å². The number of nitriles is 1. The molecule has 1 atom stereocenters. The van der Waals surface area contributed by atoms with Gasteiger partial charge in [-0.25, -0.2) is 4.98 Å². The molecule has 1 unspecified atom stereocenters. The van der Waals surface area contributed by atoms with Gasteiger partial charge in [0.2, 0.25) is 11.8 Å². The number of benzene rings is 2. The van der Waals surface area contributed by atoms with Gasteiger partial charge in [-0.1, -0.05) is 24.3 Å². The van der Waals surface area contributed by atoms with Crippen molar-refractivity contribution in [2.24, 2.45) is 0 Å². The van der Waals surface area contributed by atoms with Crippen LogP contribution in [0.3, 0.4) is 0 Å². The summed E-state index contributed by atoms with van der Waals surface area (Å²) in [6.07, 6.45) is 1.55. The zero-order valence-electron chi connectivity index (χ0n) is 14.6. The van der Waals surface area contributed by atoms with Gasteiger partial charge in [0.15, 0.2) is 17.3 Å². The van der Waals surface area contributed by atoms with Crippen LogP contribution in [0.2, 0.25) is 0 Å². The van der Waals surface area contributed by atoms with Crippen LogP contribution in [-0.4, -0.2) is 23.2 Å². The van der Waals surface area contributed by atoms with Crippen LogP contribution in [0.1, 0.15) is 30.2 Å². The third-order valence-electron chi connectivity index (χ3n) is 4.71. The number of nitrogens with zero attached hydrogens (tertiary/aromatic N) is 3. The average molecular weight is 359 g/mol. The lowest BCUT2D eigenvalue weighted by Gasteiger charge is -2.15. The first kappa shape index (κ1) is 17.0. The van der Waals surface area contributed by atoms with Gasteiger partial charge in [0.05, 0.1) is 6.07 Å². The van der Waals surface area contributed by atoms with Crippen LogP contribution in [-0.2, 0) is 16.0 Å². The van der Waals surface area contributed by atoms with Gasteiger partial charge in [-0.3, -0.25) is 9.59 Å². The van der Waals surface area contributed by atoms with Crippen molar-refractivity contribution in [3.63, 3.8) is 0 Å². The van der Waals surface area contributed by atoms with Crippen LogP contribution < -0.4 is 4.90 Å². The fraction of sp³-hybridized carbons (Fsp3) is 0.238. The molecule has 2 aromatic carbocycles. The Balaban J connectivity index is 1.50. The van der Waals surface area contributed by atoms with Gasteiger partial charge < -0.3 is 9.32 Å². The maximum atomic E-state index is 12.6. The number of carbonyl (C=O) groups excluding carboxylic acids is 2. The summed E-state index contributed by atoms with van der Waals surface area (Å²) in [5.41, 5.74) is 2.80.